The van der Waals surface area contributed by atoms with Crippen LogP contribution in [0.1, 0.15) is 19.8 Å². The first kappa shape index (κ1) is 10.4. The van der Waals surface area contributed by atoms with Gasteiger partial charge in [-0.1, -0.05) is 13.5 Å². The molecule has 1 heterocycles. The number of hydrogen-bond donors (Lipinski definition) is 1. The number of piperidine rings is 1. The number of rotatable bonds is 3. The Hall–Kier alpha value is -0.730. The summed E-state index contributed by atoms with van der Waals surface area (Å²) in [5.41, 5.74) is 0. The van der Waals surface area contributed by atoms with Gasteiger partial charge >= 0.3 is 0 Å². The predicted octanol–water partition coefficient (Wildman–Crippen LogP) is 1.75. The Balaban J connectivity index is 2.59. The van der Waals surface area contributed by atoms with E-state index in [1.165, 1.54) is 0 Å². The second-order valence-electron chi connectivity index (χ2n) is 3.84. The van der Waals surface area contributed by atoms with E-state index < -0.39 is 0 Å². The van der Waals surface area contributed by atoms with Crippen LogP contribution in [0.15, 0.2) is 12.4 Å². The molecular formula is C10H19FN2. The Morgan fingerprint density at radius 3 is 2.85 bits per heavy atom. The highest BCUT2D eigenvalue weighted by molar-refractivity contribution is 4.96. The summed E-state index contributed by atoms with van der Waals surface area (Å²) in [6, 6.07) is 0.0381. The van der Waals surface area contributed by atoms with Crippen molar-refractivity contribution < 1.29 is 4.39 Å². The summed E-state index contributed by atoms with van der Waals surface area (Å²) >= 11 is 0. The molecule has 2 nitrogen and oxygen atoms in total. The van der Waals surface area contributed by atoms with Crippen molar-refractivity contribution in [1.82, 2.24) is 10.2 Å². The van der Waals surface area contributed by atoms with Crippen LogP contribution in [-0.4, -0.2) is 31.2 Å². The van der Waals surface area contributed by atoms with E-state index in [0.29, 0.717) is 5.92 Å². The summed E-state index contributed by atoms with van der Waals surface area (Å²) in [6.07, 6.45) is 2.07. The summed E-state index contributed by atoms with van der Waals surface area (Å²) in [6.45, 7) is 6.73. The van der Waals surface area contributed by atoms with Crippen LogP contribution in [0.5, 0.6) is 0 Å². The Morgan fingerprint density at radius 2 is 2.31 bits per heavy atom. The van der Waals surface area contributed by atoms with Gasteiger partial charge in [-0.3, -0.25) is 0 Å². The lowest BCUT2D eigenvalue weighted by Gasteiger charge is -2.39. The number of alkyl halides is 1. The molecule has 1 saturated heterocycles. The maximum atomic E-state index is 12.6. The van der Waals surface area contributed by atoms with Gasteiger partial charge in [0.2, 0.25) is 0 Å². The van der Waals surface area contributed by atoms with Gasteiger partial charge in [0.1, 0.15) is 6.67 Å². The maximum absolute atomic E-state index is 12.6. The van der Waals surface area contributed by atoms with E-state index in [-0.39, 0.29) is 12.7 Å². The molecule has 1 unspecified atom stereocenters. The zero-order valence-electron chi connectivity index (χ0n) is 8.52. The van der Waals surface area contributed by atoms with Crippen molar-refractivity contribution in [2.24, 2.45) is 5.92 Å². The molecule has 13 heavy (non-hydrogen) atoms. The summed E-state index contributed by atoms with van der Waals surface area (Å²) in [7, 11) is 1.83. The van der Waals surface area contributed by atoms with Gasteiger partial charge < -0.3 is 10.2 Å². The quantitative estimate of drug-likeness (QED) is 0.722. The molecule has 1 rings (SSSR count). The fraction of sp³-hybridized carbons (Fsp3) is 0.800. The van der Waals surface area contributed by atoms with Gasteiger partial charge in [-0.25, -0.2) is 4.39 Å². The minimum Gasteiger partial charge on any atom is -0.375 e. The predicted molar refractivity (Wildman–Crippen MR) is 53.1 cm³/mol. The highest BCUT2D eigenvalue weighted by atomic mass is 19.1. The molecule has 1 fully saturated rings. The van der Waals surface area contributed by atoms with Crippen LogP contribution in [0.4, 0.5) is 4.39 Å². The van der Waals surface area contributed by atoms with Gasteiger partial charge in [-0.15, -0.1) is 0 Å². The molecule has 1 aliphatic rings. The molecule has 0 bridgehead atoms. The zero-order chi connectivity index (χ0) is 9.84. The van der Waals surface area contributed by atoms with Crippen molar-refractivity contribution in [2.45, 2.75) is 25.8 Å². The zero-order valence-corrected chi connectivity index (χ0v) is 8.52. The Morgan fingerprint density at radius 1 is 1.62 bits per heavy atom. The molecule has 1 N–H and O–H groups in total. The second kappa shape index (κ2) is 4.49. The molecule has 1 aliphatic heterocycles. The Kier molecular flexibility index (Phi) is 3.58. The van der Waals surface area contributed by atoms with Gasteiger partial charge in [0.25, 0.3) is 0 Å². The van der Waals surface area contributed by atoms with Crippen LogP contribution in [0, 0.1) is 5.92 Å². The molecular weight excluding hydrogens is 167 g/mol. The van der Waals surface area contributed by atoms with E-state index >= 15 is 0 Å². The van der Waals surface area contributed by atoms with E-state index in [1.807, 2.05) is 11.9 Å². The van der Waals surface area contributed by atoms with Crippen LogP contribution in [0.25, 0.3) is 0 Å². The van der Waals surface area contributed by atoms with E-state index in [0.717, 1.165) is 25.2 Å². The second-order valence-corrected chi connectivity index (χ2v) is 3.84. The molecule has 0 saturated carbocycles. The maximum Gasteiger partial charge on any atom is 0.110 e. The third kappa shape index (κ3) is 2.36. The van der Waals surface area contributed by atoms with Crippen molar-refractivity contribution >= 4 is 0 Å². The van der Waals surface area contributed by atoms with Crippen LogP contribution < -0.4 is 5.32 Å². The van der Waals surface area contributed by atoms with Crippen LogP contribution >= 0.6 is 0 Å². The van der Waals surface area contributed by atoms with E-state index in [2.05, 4.69) is 18.8 Å². The Labute approximate surface area is 79.8 Å². The smallest absolute Gasteiger partial charge is 0.110 e. The number of hydrogen-bond acceptors (Lipinski definition) is 2. The van der Waals surface area contributed by atoms with Crippen molar-refractivity contribution in [3.05, 3.63) is 12.4 Å². The minimum atomic E-state index is -0.270. The molecule has 76 valence electrons. The molecule has 0 aliphatic carbocycles. The SMILES string of the molecule is C=C(NC)N1CC(C)CC[C@H]1CF. The standard InChI is InChI=1S/C10H19FN2/c1-8-4-5-10(6-11)13(7-8)9(2)12-3/h8,10,12H,2,4-7H2,1,3H3/t8?,10-/m0/s1. The lowest BCUT2D eigenvalue weighted by Crippen LogP contribution is -2.45. The van der Waals surface area contributed by atoms with Gasteiger partial charge in [-0.05, 0) is 18.8 Å². The molecule has 0 aromatic carbocycles. The molecule has 2 atom stereocenters. The average Bonchev–Trinajstić information content (AvgIpc) is 2.16. The fourth-order valence-electron chi connectivity index (χ4n) is 1.84. The first-order valence-corrected chi connectivity index (χ1v) is 4.88. The van der Waals surface area contributed by atoms with E-state index in [9.17, 15) is 4.39 Å². The van der Waals surface area contributed by atoms with Crippen molar-refractivity contribution in [3.63, 3.8) is 0 Å². The van der Waals surface area contributed by atoms with Crippen molar-refractivity contribution in [3.8, 4) is 0 Å². The molecule has 0 aromatic rings. The van der Waals surface area contributed by atoms with Crippen LogP contribution in [0.3, 0.4) is 0 Å². The molecule has 0 aromatic heterocycles. The van der Waals surface area contributed by atoms with Crippen molar-refractivity contribution in [2.75, 3.05) is 20.3 Å². The molecule has 0 amide bonds. The summed E-state index contributed by atoms with van der Waals surface area (Å²) < 4.78 is 12.6. The highest BCUT2D eigenvalue weighted by Crippen LogP contribution is 2.23. The monoisotopic (exact) mass is 186 g/mol. The third-order valence-corrected chi connectivity index (χ3v) is 2.76. The lowest BCUT2D eigenvalue weighted by atomic mass is 9.95. The van der Waals surface area contributed by atoms with Gasteiger partial charge in [-0.2, -0.15) is 0 Å². The van der Waals surface area contributed by atoms with Crippen LogP contribution in [0.2, 0.25) is 0 Å². The first-order valence-electron chi connectivity index (χ1n) is 4.88. The van der Waals surface area contributed by atoms with Crippen LogP contribution in [-0.2, 0) is 0 Å². The lowest BCUT2D eigenvalue weighted by molar-refractivity contribution is 0.123. The average molecular weight is 186 g/mol. The number of nitrogens with zero attached hydrogens (tertiary/aromatic N) is 1. The topological polar surface area (TPSA) is 15.3 Å². The molecule has 0 radical (unpaired) electrons. The molecule has 0 spiro atoms. The first-order chi connectivity index (χ1) is 6.19. The van der Waals surface area contributed by atoms with Crippen molar-refractivity contribution in [1.29, 1.82) is 0 Å². The minimum absolute atomic E-state index is 0.0381. The van der Waals surface area contributed by atoms with E-state index in [1.54, 1.807) is 0 Å². The number of halogens is 1. The number of likely N-dealkylation sites (tertiary alicyclic amines) is 1. The normalized spacial score (nSPS) is 28.7. The summed E-state index contributed by atoms with van der Waals surface area (Å²) in [4.78, 5) is 2.05. The van der Waals surface area contributed by atoms with Gasteiger partial charge in [0.15, 0.2) is 0 Å². The third-order valence-electron chi connectivity index (χ3n) is 2.76. The summed E-state index contributed by atoms with van der Waals surface area (Å²) in [5.74, 6) is 1.49. The fourth-order valence-corrected chi connectivity index (χ4v) is 1.84. The summed E-state index contributed by atoms with van der Waals surface area (Å²) in [5, 5.41) is 2.98. The van der Waals surface area contributed by atoms with Gasteiger partial charge in [0, 0.05) is 13.6 Å². The Bertz CT molecular complexity index is 182. The largest absolute Gasteiger partial charge is 0.375 e. The van der Waals surface area contributed by atoms with E-state index in [4.69, 9.17) is 0 Å². The molecule has 3 heteroatoms. The highest BCUT2D eigenvalue weighted by Gasteiger charge is 2.26. The van der Waals surface area contributed by atoms with Gasteiger partial charge in [0.05, 0.1) is 11.9 Å². The number of nitrogens with one attached hydrogen (secondary N) is 1.